The molecule has 148 valence electrons. The van der Waals surface area contributed by atoms with E-state index in [1.54, 1.807) is 0 Å². The van der Waals surface area contributed by atoms with Gasteiger partial charge in [-0.3, -0.25) is 4.79 Å². The SMILES string of the molecule is Cc1ccc(C(C)NC(=O)N2CCC(NC(=O)C3CCCCC3)CC2)cc1. The molecular weight excluding hydrogens is 338 g/mol. The Morgan fingerprint density at radius 1 is 1.00 bits per heavy atom. The lowest BCUT2D eigenvalue weighted by atomic mass is 9.88. The van der Waals surface area contributed by atoms with Crippen LogP contribution in [0.1, 0.15) is 69.0 Å². The number of hydrogen-bond acceptors (Lipinski definition) is 2. The van der Waals surface area contributed by atoms with Crippen LogP contribution in [-0.2, 0) is 4.79 Å². The number of piperidine rings is 1. The average molecular weight is 372 g/mol. The first-order valence-electron chi connectivity index (χ1n) is 10.5. The monoisotopic (exact) mass is 371 g/mol. The molecule has 3 rings (SSSR count). The van der Waals surface area contributed by atoms with Crippen LogP contribution in [0.5, 0.6) is 0 Å². The van der Waals surface area contributed by atoms with Gasteiger partial charge in [0.2, 0.25) is 5.91 Å². The second-order valence-corrected chi connectivity index (χ2v) is 8.19. The number of hydrogen-bond donors (Lipinski definition) is 2. The Morgan fingerprint density at radius 3 is 2.26 bits per heavy atom. The van der Waals surface area contributed by atoms with Gasteiger partial charge in [0.1, 0.15) is 0 Å². The number of amides is 3. The van der Waals surface area contributed by atoms with Gasteiger partial charge in [0.15, 0.2) is 0 Å². The van der Waals surface area contributed by atoms with Crippen molar-refractivity contribution in [3.05, 3.63) is 35.4 Å². The molecule has 1 saturated carbocycles. The lowest BCUT2D eigenvalue weighted by molar-refractivity contribution is -0.126. The number of benzene rings is 1. The van der Waals surface area contributed by atoms with Gasteiger partial charge in [0.25, 0.3) is 0 Å². The van der Waals surface area contributed by atoms with E-state index < -0.39 is 0 Å². The summed E-state index contributed by atoms with van der Waals surface area (Å²) in [5.74, 6) is 0.432. The summed E-state index contributed by atoms with van der Waals surface area (Å²) < 4.78 is 0. The summed E-state index contributed by atoms with van der Waals surface area (Å²) in [5.41, 5.74) is 2.33. The van der Waals surface area contributed by atoms with Crippen molar-refractivity contribution in [1.82, 2.24) is 15.5 Å². The molecule has 1 aromatic rings. The highest BCUT2D eigenvalue weighted by molar-refractivity contribution is 5.79. The number of nitrogens with zero attached hydrogens (tertiary/aromatic N) is 1. The molecule has 0 radical (unpaired) electrons. The Bertz CT molecular complexity index is 629. The topological polar surface area (TPSA) is 61.4 Å². The predicted molar refractivity (Wildman–Crippen MR) is 107 cm³/mol. The number of carbonyl (C=O) groups is 2. The van der Waals surface area contributed by atoms with E-state index in [0.717, 1.165) is 31.2 Å². The zero-order valence-electron chi connectivity index (χ0n) is 16.7. The maximum Gasteiger partial charge on any atom is 0.317 e. The maximum absolute atomic E-state index is 12.6. The molecule has 0 aromatic heterocycles. The van der Waals surface area contributed by atoms with E-state index in [2.05, 4.69) is 41.8 Å². The Labute approximate surface area is 162 Å². The van der Waals surface area contributed by atoms with Crippen LogP contribution >= 0.6 is 0 Å². The average Bonchev–Trinajstić information content (AvgIpc) is 2.69. The smallest absolute Gasteiger partial charge is 0.317 e. The first-order valence-corrected chi connectivity index (χ1v) is 10.5. The quantitative estimate of drug-likeness (QED) is 0.842. The molecule has 1 aromatic carbocycles. The van der Waals surface area contributed by atoms with Crippen LogP contribution in [0.25, 0.3) is 0 Å². The van der Waals surface area contributed by atoms with Crippen molar-refractivity contribution in [3.63, 3.8) is 0 Å². The molecule has 2 fully saturated rings. The van der Waals surface area contributed by atoms with Gasteiger partial charge < -0.3 is 15.5 Å². The van der Waals surface area contributed by atoms with Crippen LogP contribution in [0, 0.1) is 12.8 Å². The summed E-state index contributed by atoms with van der Waals surface area (Å²) >= 11 is 0. The summed E-state index contributed by atoms with van der Waals surface area (Å²) in [6.07, 6.45) is 7.35. The first-order chi connectivity index (χ1) is 13.0. The zero-order chi connectivity index (χ0) is 19.2. The van der Waals surface area contributed by atoms with Crippen LogP contribution in [0.2, 0.25) is 0 Å². The van der Waals surface area contributed by atoms with E-state index in [1.165, 1.54) is 24.8 Å². The lowest BCUT2D eigenvalue weighted by Gasteiger charge is -2.34. The third-order valence-electron chi connectivity index (χ3n) is 6.02. The molecular formula is C22H33N3O2. The number of aryl methyl sites for hydroxylation is 1. The molecule has 2 aliphatic rings. The minimum absolute atomic E-state index is 0.0122. The summed E-state index contributed by atoms with van der Waals surface area (Å²) in [7, 11) is 0. The number of urea groups is 1. The molecule has 1 saturated heterocycles. The highest BCUT2D eigenvalue weighted by atomic mass is 16.2. The third kappa shape index (κ3) is 5.47. The van der Waals surface area contributed by atoms with E-state index in [1.807, 2.05) is 11.8 Å². The van der Waals surface area contributed by atoms with Gasteiger partial charge >= 0.3 is 6.03 Å². The zero-order valence-corrected chi connectivity index (χ0v) is 16.7. The molecule has 1 unspecified atom stereocenters. The van der Waals surface area contributed by atoms with Crippen molar-refractivity contribution in [2.24, 2.45) is 5.92 Å². The minimum Gasteiger partial charge on any atom is -0.353 e. The summed E-state index contributed by atoms with van der Waals surface area (Å²) in [4.78, 5) is 26.8. The van der Waals surface area contributed by atoms with Gasteiger partial charge in [-0.05, 0) is 45.1 Å². The molecule has 0 bridgehead atoms. The van der Waals surface area contributed by atoms with Crippen molar-refractivity contribution < 1.29 is 9.59 Å². The molecule has 0 spiro atoms. The van der Waals surface area contributed by atoms with E-state index >= 15 is 0 Å². The van der Waals surface area contributed by atoms with Crippen LogP contribution in [0.4, 0.5) is 4.79 Å². The fourth-order valence-electron chi connectivity index (χ4n) is 4.13. The fraction of sp³-hybridized carbons (Fsp3) is 0.636. The molecule has 3 amide bonds. The Morgan fingerprint density at radius 2 is 1.63 bits per heavy atom. The second kappa shape index (κ2) is 9.25. The summed E-state index contributed by atoms with van der Waals surface area (Å²) in [5, 5.41) is 6.31. The Hall–Kier alpha value is -2.04. The lowest BCUT2D eigenvalue weighted by Crippen LogP contribution is -2.50. The number of rotatable bonds is 4. The van der Waals surface area contributed by atoms with E-state index in [4.69, 9.17) is 0 Å². The van der Waals surface area contributed by atoms with Crippen LogP contribution in [0.3, 0.4) is 0 Å². The van der Waals surface area contributed by atoms with Crippen molar-refractivity contribution in [2.45, 2.75) is 70.9 Å². The van der Waals surface area contributed by atoms with Crippen LogP contribution in [0.15, 0.2) is 24.3 Å². The van der Waals surface area contributed by atoms with Gasteiger partial charge in [0.05, 0.1) is 6.04 Å². The van der Waals surface area contributed by atoms with Gasteiger partial charge in [0, 0.05) is 25.0 Å². The van der Waals surface area contributed by atoms with Crippen molar-refractivity contribution in [3.8, 4) is 0 Å². The summed E-state index contributed by atoms with van der Waals surface area (Å²) in [6.45, 7) is 5.47. The Balaban J connectivity index is 1.42. The van der Waals surface area contributed by atoms with E-state index in [0.29, 0.717) is 13.1 Å². The molecule has 2 N–H and O–H groups in total. The van der Waals surface area contributed by atoms with E-state index in [-0.39, 0.29) is 29.9 Å². The van der Waals surface area contributed by atoms with Gasteiger partial charge in [-0.25, -0.2) is 4.79 Å². The molecule has 5 heteroatoms. The third-order valence-corrected chi connectivity index (χ3v) is 6.02. The normalized spacial score (nSPS) is 20.1. The standard InChI is InChI=1S/C22H33N3O2/c1-16-8-10-18(11-9-16)17(2)23-22(27)25-14-12-20(13-15-25)24-21(26)19-6-4-3-5-7-19/h8-11,17,19-20H,3-7,12-15H2,1-2H3,(H,23,27)(H,24,26). The van der Waals surface area contributed by atoms with Crippen molar-refractivity contribution in [1.29, 1.82) is 0 Å². The molecule has 1 aliphatic heterocycles. The molecule has 1 heterocycles. The molecule has 27 heavy (non-hydrogen) atoms. The molecule has 1 atom stereocenters. The number of carbonyl (C=O) groups excluding carboxylic acids is 2. The largest absolute Gasteiger partial charge is 0.353 e. The highest BCUT2D eigenvalue weighted by Crippen LogP contribution is 2.24. The fourth-order valence-corrected chi connectivity index (χ4v) is 4.13. The number of nitrogens with one attached hydrogen (secondary N) is 2. The van der Waals surface area contributed by atoms with E-state index in [9.17, 15) is 9.59 Å². The summed E-state index contributed by atoms with van der Waals surface area (Å²) in [6, 6.07) is 8.44. The maximum atomic E-state index is 12.6. The predicted octanol–water partition coefficient (Wildman–Crippen LogP) is 3.93. The van der Waals surface area contributed by atoms with Gasteiger partial charge in [-0.2, -0.15) is 0 Å². The van der Waals surface area contributed by atoms with Gasteiger partial charge in [-0.15, -0.1) is 0 Å². The van der Waals surface area contributed by atoms with Crippen molar-refractivity contribution in [2.75, 3.05) is 13.1 Å². The number of likely N-dealkylation sites (tertiary alicyclic amines) is 1. The highest BCUT2D eigenvalue weighted by Gasteiger charge is 2.27. The van der Waals surface area contributed by atoms with Crippen LogP contribution < -0.4 is 10.6 Å². The molecule has 5 nitrogen and oxygen atoms in total. The Kier molecular flexibility index (Phi) is 6.75. The second-order valence-electron chi connectivity index (χ2n) is 8.19. The minimum atomic E-state index is -0.0138. The van der Waals surface area contributed by atoms with Crippen LogP contribution in [-0.4, -0.2) is 36.0 Å². The molecule has 1 aliphatic carbocycles. The van der Waals surface area contributed by atoms with Crippen molar-refractivity contribution >= 4 is 11.9 Å². The van der Waals surface area contributed by atoms with Gasteiger partial charge in [-0.1, -0.05) is 49.1 Å². The first kappa shape index (κ1) is 19.7.